The van der Waals surface area contributed by atoms with Crippen LogP contribution >= 0.6 is 0 Å². The minimum Gasteiger partial charge on any atom is -0.464 e. The highest BCUT2D eigenvalue weighted by Gasteiger charge is 2.19. The Morgan fingerprint density at radius 1 is 1.25 bits per heavy atom. The van der Waals surface area contributed by atoms with Gasteiger partial charge in [-0.15, -0.1) is 0 Å². The lowest BCUT2D eigenvalue weighted by atomic mass is 10.1. The van der Waals surface area contributed by atoms with Crippen molar-refractivity contribution >= 4 is 17.2 Å². The first-order chi connectivity index (χ1) is 11.4. The van der Waals surface area contributed by atoms with Crippen molar-refractivity contribution in [1.29, 1.82) is 0 Å². The summed E-state index contributed by atoms with van der Waals surface area (Å²) in [7, 11) is 0. The molecule has 2 aromatic rings. The molecule has 24 heavy (non-hydrogen) atoms. The van der Waals surface area contributed by atoms with E-state index < -0.39 is 4.92 Å². The molecule has 0 aliphatic rings. The van der Waals surface area contributed by atoms with Crippen LogP contribution in [0, 0.1) is 16.0 Å². The topological polar surface area (TPSA) is 108 Å². The predicted octanol–water partition coefficient (Wildman–Crippen LogP) is 3.03. The van der Waals surface area contributed by atoms with E-state index in [9.17, 15) is 14.9 Å². The van der Waals surface area contributed by atoms with E-state index >= 15 is 0 Å². The van der Waals surface area contributed by atoms with Crippen LogP contribution in [0.5, 0.6) is 5.88 Å². The van der Waals surface area contributed by atoms with Gasteiger partial charge >= 0.3 is 5.69 Å². The van der Waals surface area contributed by atoms with Gasteiger partial charge in [-0.3, -0.25) is 14.9 Å². The summed E-state index contributed by atoms with van der Waals surface area (Å²) in [5, 5.41) is 11.1. The quantitative estimate of drug-likeness (QED) is 0.362. The second-order valence-corrected chi connectivity index (χ2v) is 5.82. The standard InChI is InChI=1S/C17H19N3O4/c1-11(2)9-14-7-8-15(20(22)23)17(19-14)24-10-16(21)12-3-5-13(18)6-4-12/h3-8,11H,9-10,18H2,1-2H3. The number of nitrogens with two attached hydrogens (primary N) is 1. The van der Waals surface area contributed by atoms with Crippen molar-refractivity contribution in [2.45, 2.75) is 20.3 Å². The highest BCUT2D eigenvalue weighted by atomic mass is 16.6. The van der Waals surface area contributed by atoms with E-state index in [4.69, 9.17) is 10.5 Å². The molecule has 1 aromatic carbocycles. The molecule has 7 heteroatoms. The number of carbonyl (C=O) groups is 1. The Bertz CT molecular complexity index is 742. The zero-order valence-corrected chi connectivity index (χ0v) is 13.6. The van der Waals surface area contributed by atoms with Crippen LogP contribution in [0.3, 0.4) is 0 Å². The SMILES string of the molecule is CC(C)Cc1ccc([N+](=O)[O-])c(OCC(=O)c2ccc(N)cc2)n1. The molecule has 0 spiro atoms. The second kappa shape index (κ2) is 7.54. The Morgan fingerprint density at radius 2 is 1.92 bits per heavy atom. The number of benzene rings is 1. The smallest absolute Gasteiger partial charge is 0.330 e. The lowest BCUT2D eigenvalue weighted by molar-refractivity contribution is -0.386. The number of nitrogens with zero attached hydrogens (tertiary/aromatic N) is 2. The molecule has 7 nitrogen and oxygen atoms in total. The molecule has 0 saturated carbocycles. The maximum Gasteiger partial charge on any atom is 0.330 e. The first kappa shape index (κ1) is 17.4. The number of ether oxygens (including phenoxy) is 1. The fraction of sp³-hybridized carbons (Fsp3) is 0.294. The minimum atomic E-state index is -0.574. The van der Waals surface area contributed by atoms with Gasteiger partial charge in [0.2, 0.25) is 0 Å². The van der Waals surface area contributed by atoms with Crippen molar-refractivity contribution in [3.8, 4) is 5.88 Å². The lowest BCUT2D eigenvalue weighted by Gasteiger charge is -2.09. The Labute approximate surface area is 139 Å². The molecule has 0 radical (unpaired) electrons. The minimum absolute atomic E-state index is 0.137. The number of anilines is 1. The summed E-state index contributed by atoms with van der Waals surface area (Å²) in [6.45, 7) is 3.71. The van der Waals surface area contributed by atoms with Crippen LogP contribution in [0.4, 0.5) is 11.4 Å². The number of nitrogen functional groups attached to an aromatic ring is 1. The van der Waals surface area contributed by atoms with Crippen molar-refractivity contribution in [1.82, 2.24) is 4.98 Å². The van der Waals surface area contributed by atoms with Crippen LogP contribution in [0.15, 0.2) is 36.4 Å². The molecule has 0 atom stereocenters. The molecule has 0 aliphatic heterocycles. The van der Waals surface area contributed by atoms with Crippen LogP contribution in [0.1, 0.15) is 29.9 Å². The van der Waals surface area contributed by atoms with E-state index in [-0.39, 0.29) is 24.0 Å². The molecule has 0 bridgehead atoms. The Morgan fingerprint density at radius 3 is 2.50 bits per heavy atom. The summed E-state index contributed by atoms with van der Waals surface area (Å²) in [6.07, 6.45) is 0.667. The Hall–Kier alpha value is -2.96. The normalized spacial score (nSPS) is 10.6. The largest absolute Gasteiger partial charge is 0.464 e. The lowest BCUT2D eigenvalue weighted by Crippen LogP contribution is -2.13. The van der Waals surface area contributed by atoms with Crippen LogP contribution in [0.25, 0.3) is 0 Å². The van der Waals surface area contributed by atoms with Gasteiger partial charge in [-0.2, -0.15) is 0 Å². The molecule has 0 aliphatic carbocycles. The van der Waals surface area contributed by atoms with Crippen molar-refractivity contribution in [2.75, 3.05) is 12.3 Å². The van der Waals surface area contributed by atoms with E-state index in [1.54, 1.807) is 30.3 Å². The van der Waals surface area contributed by atoms with Gasteiger partial charge in [-0.25, -0.2) is 4.98 Å². The highest BCUT2D eigenvalue weighted by molar-refractivity contribution is 5.97. The van der Waals surface area contributed by atoms with E-state index in [1.165, 1.54) is 6.07 Å². The summed E-state index contributed by atoms with van der Waals surface area (Å²) in [5.74, 6) is -0.0921. The van der Waals surface area contributed by atoms with Crippen LogP contribution in [-0.4, -0.2) is 22.3 Å². The van der Waals surface area contributed by atoms with Crippen molar-refractivity contribution in [2.24, 2.45) is 5.92 Å². The number of pyridine rings is 1. The summed E-state index contributed by atoms with van der Waals surface area (Å²) >= 11 is 0. The van der Waals surface area contributed by atoms with Gasteiger partial charge in [0.05, 0.1) is 4.92 Å². The molecule has 1 heterocycles. The maximum atomic E-state index is 12.1. The molecule has 126 valence electrons. The highest BCUT2D eigenvalue weighted by Crippen LogP contribution is 2.25. The number of hydrogen-bond donors (Lipinski definition) is 1. The average molecular weight is 329 g/mol. The molecule has 0 saturated heterocycles. The maximum absolute atomic E-state index is 12.1. The van der Waals surface area contributed by atoms with Crippen LogP contribution in [0.2, 0.25) is 0 Å². The molecular formula is C17H19N3O4. The average Bonchev–Trinajstić information content (AvgIpc) is 2.52. The number of Topliss-reactive ketones (excluding diaryl/α,β-unsaturated/α-hetero) is 1. The molecule has 0 fully saturated rings. The fourth-order valence-electron chi connectivity index (χ4n) is 2.13. The van der Waals surface area contributed by atoms with Gasteiger partial charge < -0.3 is 10.5 Å². The molecule has 1 aromatic heterocycles. The fourth-order valence-corrected chi connectivity index (χ4v) is 2.13. The van der Waals surface area contributed by atoms with Gasteiger partial charge in [0, 0.05) is 23.0 Å². The number of nitro groups is 1. The number of rotatable bonds is 7. The first-order valence-electron chi connectivity index (χ1n) is 7.52. The molecule has 0 amide bonds. The number of hydrogen-bond acceptors (Lipinski definition) is 6. The van der Waals surface area contributed by atoms with Gasteiger partial charge in [0.1, 0.15) is 0 Å². The third-order valence-electron chi connectivity index (χ3n) is 3.28. The zero-order chi connectivity index (χ0) is 17.7. The number of ketones is 1. The van der Waals surface area contributed by atoms with Gasteiger partial charge in [0.25, 0.3) is 5.88 Å². The van der Waals surface area contributed by atoms with E-state index in [2.05, 4.69) is 4.98 Å². The van der Waals surface area contributed by atoms with Crippen molar-refractivity contribution in [3.63, 3.8) is 0 Å². The summed E-state index contributed by atoms with van der Waals surface area (Å²) < 4.78 is 5.33. The third kappa shape index (κ3) is 4.52. The number of carbonyl (C=O) groups excluding carboxylic acids is 1. The van der Waals surface area contributed by atoms with Crippen LogP contribution in [-0.2, 0) is 6.42 Å². The van der Waals surface area contributed by atoms with Crippen molar-refractivity contribution < 1.29 is 14.5 Å². The van der Waals surface area contributed by atoms with E-state index in [1.807, 2.05) is 13.8 Å². The van der Waals surface area contributed by atoms with Crippen LogP contribution < -0.4 is 10.5 Å². The summed E-state index contributed by atoms with van der Waals surface area (Å²) in [4.78, 5) is 26.8. The number of aromatic nitrogens is 1. The monoisotopic (exact) mass is 329 g/mol. The van der Waals surface area contributed by atoms with E-state index in [0.29, 0.717) is 29.3 Å². The molecular weight excluding hydrogens is 310 g/mol. The predicted molar refractivity (Wildman–Crippen MR) is 90.1 cm³/mol. The zero-order valence-electron chi connectivity index (χ0n) is 13.6. The summed E-state index contributed by atoms with van der Waals surface area (Å²) in [6, 6.07) is 9.34. The Kier molecular flexibility index (Phi) is 5.47. The molecule has 2 rings (SSSR count). The molecule has 0 unspecified atom stereocenters. The van der Waals surface area contributed by atoms with Gasteiger partial charge in [0.15, 0.2) is 12.4 Å². The van der Waals surface area contributed by atoms with Crippen molar-refractivity contribution in [3.05, 3.63) is 57.8 Å². The second-order valence-electron chi connectivity index (χ2n) is 5.82. The van der Waals surface area contributed by atoms with Gasteiger partial charge in [-0.1, -0.05) is 13.8 Å². The molecule has 2 N–H and O–H groups in total. The summed E-state index contributed by atoms with van der Waals surface area (Å²) in [5.41, 5.74) is 6.97. The first-order valence-corrected chi connectivity index (χ1v) is 7.52. The van der Waals surface area contributed by atoms with Gasteiger partial charge in [-0.05, 0) is 42.7 Å². The third-order valence-corrected chi connectivity index (χ3v) is 3.28. The Balaban J connectivity index is 2.16. The van der Waals surface area contributed by atoms with E-state index in [0.717, 1.165) is 0 Å².